The van der Waals surface area contributed by atoms with E-state index in [1.807, 2.05) is 0 Å². The second-order valence-electron chi connectivity index (χ2n) is 3.25. The highest BCUT2D eigenvalue weighted by Crippen LogP contribution is 2.09. The summed E-state index contributed by atoms with van der Waals surface area (Å²) in [5.74, 6) is -0.361. The van der Waals surface area contributed by atoms with Crippen molar-refractivity contribution in [3.63, 3.8) is 0 Å². The number of aliphatic hydroxyl groups is 1. The predicted molar refractivity (Wildman–Crippen MR) is 56.7 cm³/mol. The van der Waals surface area contributed by atoms with Gasteiger partial charge in [-0.2, -0.15) is 0 Å². The molecule has 90 valence electrons. The molecule has 1 heterocycles. The van der Waals surface area contributed by atoms with Crippen LogP contribution in [0, 0.1) is 0 Å². The Kier molecular flexibility index (Phi) is 6.02. The van der Waals surface area contributed by atoms with E-state index in [4.69, 9.17) is 10.8 Å². The maximum Gasteiger partial charge on any atom is 0.217 e. The molecule has 0 aliphatic rings. The molecule has 0 bridgehead atoms. The largest absolute Gasteiger partial charge is 0.390 e. The molecule has 0 aliphatic carbocycles. The minimum atomic E-state index is -0.361. The number of primary amides is 1. The summed E-state index contributed by atoms with van der Waals surface area (Å²) >= 11 is 0. The van der Waals surface area contributed by atoms with E-state index < -0.39 is 0 Å². The molecule has 0 saturated heterocycles. The quantitative estimate of drug-likeness (QED) is 0.685. The van der Waals surface area contributed by atoms with Crippen molar-refractivity contribution in [2.75, 3.05) is 0 Å². The summed E-state index contributed by atoms with van der Waals surface area (Å²) in [5, 5.41) is 9.01. The predicted octanol–water partition coefficient (Wildman–Crippen LogP) is 0.211. The summed E-state index contributed by atoms with van der Waals surface area (Å²) in [7, 11) is 0. The summed E-state index contributed by atoms with van der Waals surface area (Å²) in [6.45, 7) is 0.393. The van der Waals surface area contributed by atoms with Crippen LogP contribution < -0.4 is 5.73 Å². The third-order valence-corrected chi connectivity index (χ3v) is 2.19. The molecule has 0 fully saturated rings. The van der Waals surface area contributed by atoms with E-state index in [-0.39, 0.29) is 23.6 Å². The Morgan fingerprint density at radius 2 is 2.19 bits per heavy atom. The Bertz CT molecular complexity index is 363. The van der Waals surface area contributed by atoms with Crippen LogP contribution >= 0.6 is 0 Å². The molecule has 0 unspecified atom stereocenters. The molecule has 1 rings (SSSR count). The van der Waals surface area contributed by atoms with Crippen molar-refractivity contribution in [1.82, 2.24) is 4.57 Å². The molecule has 0 saturated carbocycles. The summed E-state index contributed by atoms with van der Waals surface area (Å²) in [5.41, 5.74) is 6.18. The van der Waals surface area contributed by atoms with Gasteiger partial charge >= 0.3 is 0 Å². The fraction of sp³-hybridized carbons (Fsp3) is 0.400. The minimum Gasteiger partial charge on any atom is -0.390 e. The fourth-order valence-corrected chi connectivity index (χ4v) is 1.45. The van der Waals surface area contributed by atoms with E-state index in [2.05, 4.69) is 0 Å². The smallest absolute Gasteiger partial charge is 0.217 e. The lowest BCUT2D eigenvalue weighted by Gasteiger charge is -2.08. The number of nitrogens with zero attached hydrogens (tertiary/aromatic N) is 1. The van der Waals surface area contributed by atoms with Gasteiger partial charge in [0.05, 0.1) is 12.3 Å². The fourth-order valence-electron chi connectivity index (χ4n) is 1.45. The Morgan fingerprint density at radius 3 is 2.69 bits per heavy atom. The standard InChI is InChI=1S/C10H14N2O3.FH/c11-10(15)2-1-5-12-8(6-13)3-4-9(12)7-14;/h3-4,6,14H,1-2,5,7H2,(H2,11,15);1H. The second-order valence-corrected chi connectivity index (χ2v) is 3.25. The zero-order chi connectivity index (χ0) is 11.3. The molecule has 5 nitrogen and oxygen atoms in total. The van der Waals surface area contributed by atoms with E-state index in [1.54, 1.807) is 16.7 Å². The van der Waals surface area contributed by atoms with Gasteiger partial charge in [0.25, 0.3) is 0 Å². The zero-order valence-corrected chi connectivity index (χ0v) is 8.76. The first-order chi connectivity index (χ1) is 7.19. The number of hydrogen-bond donors (Lipinski definition) is 2. The molecule has 0 aromatic carbocycles. The van der Waals surface area contributed by atoms with Crippen molar-refractivity contribution < 1.29 is 19.4 Å². The highest BCUT2D eigenvalue weighted by atomic mass is 19.0. The van der Waals surface area contributed by atoms with Gasteiger partial charge in [-0.25, -0.2) is 0 Å². The highest BCUT2D eigenvalue weighted by Gasteiger charge is 2.06. The zero-order valence-electron chi connectivity index (χ0n) is 8.76. The van der Waals surface area contributed by atoms with Crippen LogP contribution in [0.3, 0.4) is 0 Å². The second kappa shape index (κ2) is 6.73. The van der Waals surface area contributed by atoms with E-state index >= 15 is 0 Å². The number of carbonyl (C=O) groups is 2. The van der Waals surface area contributed by atoms with Crippen molar-refractivity contribution in [3.8, 4) is 0 Å². The third-order valence-electron chi connectivity index (χ3n) is 2.19. The van der Waals surface area contributed by atoms with Crippen LogP contribution in [0.15, 0.2) is 12.1 Å². The molecule has 0 aliphatic heterocycles. The molecule has 0 atom stereocenters. The lowest BCUT2D eigenvalue weighted by Crippen LogP contribution is -2.13. The lowest BCUT2D eigenvalue weighted by atomic mass is 10.3. The van der Waals surface area contributed by atoms with Crippen molar-refractivity contribution >= 4 is 12.2 Å². The molecule has 0 spiro atoms. The average molecular weight is 230 g/mol. The summed E-state index contributed by atoms with van der Waals surface area (Å²) in [6, 6.07) is 3.33. The molecular weight excluding hydrogens is 215 g/mol. The van der Waals surface area contributed by atoms with E-state index in [0.717, 1.165) is 6.29 Å². The Morgan fingerprint density at radius 1 is 1.50 bits per heavy atom. The number of carbonyl (C=O) groups excluding carboxylic acids is 2. The van der Waals surface area contributed by atoms with Crippen molar-refractivity contribution in [1.29, 1.82) is 0 Å². The maximum atomic E-state index is 10.7. The third kappa shape index (κ3) is 3.47. The molecule has 16 heavy (non-hydrogen) atoms. The average Bonchev–Trinajstić information content (AvgIpc) is 2.59. The molecule has 1 amide bonds. The number of aldehydes is 1. The number of aromatic nitrogens is 1. The van der Waals surface area contributed by atoms with Gasteiger partial charge in [-0.1, -0.05) is 0 Å². The van der Waals surface area contributed by atoms with Crippen LogP contribution in [0.5, 0.6) is 0 Å². The van der Waals surface area contributed by atoms with Gasteiger partial charge < -0.3 is 15.4 Å². The molecule has 0 radical (unpaired) electrons. The number of amides is 1. The summed E-state index contributed by atoms with van der Waals surface area (Å²) in [4.78, 5) is 21.2. The first-order valence-electron chi connectivity index (χ1n) is 4.71. The number of hydrogen-bond acceptors (Lipinski definition) is 3. The van der Waals surface area contributed by atoms with Crippen molar-refractivity contribution in [2.45, 2.75) is 26.0 Å². The Hall–Kier alpha value is -1.69. The van der Waals surface area contributed by atoms with Gasteiger partial charge in [0, 0.05) is 18.7 Å². The summed E-state index contributed by atoms with van der Waals surface area (Å²) < 4.78 is 1.69. The van der Waals surface area contributed by atoms with Crippen LogP contribution in [-0.4, -0.2) is 21.9 Å². The molecule has 1 aromatic heterocycles. The van der Waals surface area contributed by atoms with E-state index in [0.29, 0.717) is 24.4 Å². The Labute approximate surface area is 92.2 Å². The molecule has 1 aromatic rings. The van der Waals surface area contributed by atoms with Gasteiger partial charge in [-0.15, -0.1) is 0 Å². The highest BCUT2D eigenvalue weighted by molar-refractivity contribution is 5.74. The van der Waals surface area contributed by atoms with Gasteiger partial charge in [-0.05, 0) is 18.6 Å². The van der Waals surface area contributed by atoms with Crippen molar-refractivity contribution in [2.24, 2.45) is 5.73 Å². The van der Waals surface area contributed by atoms with E-state index in [1.165, 1.54) is 0 Å². The first-order valence-corrected chi connectivity index (χ1v) is 4.71. The topological polar surface area (TPSA) is 85.3 Å². The molecular formula is C10H15FN2O3. The van der Waals surface area contributed by atoms with E-state index in [9.17, 15) is 9.59 Å². The van der Waals surface area contributed by atoms with Crippen LogP contribution in [-0.2, 0) is 17.9 Å². The van der Waals surface area contributed by atoms with Crippen LogP contribution in [0.25, 0.3) is 0 Å². The first kappa shape index (κ1) is 14.3. The number of nitrogens with two attached hydrogens (primary N) is 1. The maximum absolute atomic E-state index is 10.7. The van der Waals surface area contributed by atoms with Crippen LogP contribution in [0.2, 0.25) is 0 Å². The van der Waals surface area contributed by atoms with Crippen LogP contribution in [0.4, 0.5) is 4.70 Å². The van der Waals surface area contributed by atoms with Gasteiger partial charge in [0.1, 0.15) is 0 Å². The molecule has 6 heteroatoms. The number of rotatable bonds is 6. The van der Waals surface area contributed by atoms with Crippen LogP contribution in [0.1, 0.15) is 29.0 Å². The minimum absolute atomic E-state index is 0. The lowest BCUT2D eigenvalue weighted by molar-refractivity contribution is -0.118. The SMILES string of the molecule is F.NC(=O)CCCn1c(C=O)ccc1CO. The van der Waals surface area contributed by atoms with Gasteiger partial charge in [-0.3, -0.25) is 14.3 Å². The van der Waals surface area contributed by atoms with Gasteiger partial charge in [0.2, 0.25) is 5.91 Å². The number of halogens is 1. The van der Waals surface area contributed by atoms with Gasteiger partial charge in [0.15, 0.2) is 6.29 Å². The molecule has 3 N–H and O–H groups in total. The normalized spacial score (nSPS) is 9.56. The monoisotopic (exact) mass is 230 g/mol. The Balaban J connectivity index is 0.00000225. The summed E-state index contributed by atoms with van der Waals surface area (Å²) in [6.07, 6.45) is 1.57. The van der Waals surface area contributed by atoms with Crippen molar-refractivity contribution in [3.05, 3.63) is 23.5 Å². The number of aliphatic hydroxyl groups excluding tert-OH is 1.